The van der Waals surface area contributed by atoms with E-state index in [2.05, 4.69) is 10.0 Å². The Morgan fingerprint density at radius 1 is 1.12 bits per heavy atom. The highest BCUT2D eigenvalue weighted by atomic mass is 32.2. The minimum atomic E-state index is -3.39. The van der Waals surface area contributed by atoms with Gasteiger partial charge in [-0.05, 0) is 42.8 Å². The van der Waals surface area contributed by atoms with Crippen molar-refractivity contribution in [2.45, 2.75) is 13.0 Å². The van der Waals surface area contributed by atoms with Gasteiger partial charge in [0.1, 0.15) is 5.75 Å². The smallest absolute Gasteiger partial charge is 0.251 e. The van der Waals surface area contributed by atoms with Gasteiger partial charge < -0.3 is 10.1 Å². The van der Waals surface area contributed by atoms with E-state index in [1.807, 2.05) is 31.2 Å². The normalized spacial score (nSPS) is 12.3. The van der Waals surface area contributed by atoms with E-state index in [4.69, 9.17) is 4.74 Å². The zero-order valence-corrected chi connectivity index (χ0v) is 14.6. The Hall–Kier alpha value is -2.54. The van der Waals surface area contributed by atoms with Gasteiger partial charge in [-0.1, -0.05) is 18.2 Å². The molecule has 7 heteroatoms. The molecule has 2 aromatic carbocycles. The van der Waals surface area contributed by atoms with E-state index in [9.17, 15) is 13.2 Å². The maximum atomic E-state index is 12.4. The highest BCUT2D eigenvalue weighted by molar-refractivity contribution is 7.92. The Morgan fingerprint density at radius 3 is 2.38 bits per heavy atom. The molecule has 1 atom stereocenters. The molecule has 0 aromatic heterocycles. The summed E-state index contributed by atoms with van der Waals surface area (Å²) in [5.74, 6) is 0.465. The highest BCUT2D eigenvalue weighted by Gasteiger charge is 2.12. The quantitative estimate of drug-likeness (QED) is 0.840. The zero-order chi connectivity index (χ0) is 17.7. The highest BCUT2D eigenvalue weighted by Crippen LogP contribution is 2.18. The third kappa shape index (κ3) is 4.99. The van der Waals surface area contributed by atoms with Crippen LogP contribution in [0.15, 0.2) is 48.5 Å². The Balaban J connectivity index is 2.09. The molecular formula is C17H20N2O4S. The molecule has 0 aliphatic heterocycles. The number of carbonyl (C=O) groups is 1. The van der Waals surface area contributed by atoms with Gasteiger partial charge in [0.05, 0.1) is 19.4 Å². The molecule has 24 heavy (non-hydrogen) atoms. The van der Waals surface area contributed by atoms with Crippen molar-refractivity contribution in [1.82, 2.24) is 5.32 Å². The molecule has 0 aliphatic rings. The number of rotatable bonds is 6. The summed E-state index contributed by atoms with van der Waals surface area (Å²) in [6.07, 6.45) is 1.06. The zero-order valence-electron chi connectivity index (χ0n) is 13.7. The number of sulfonamides is 1. The molecule has 2 rings (SSSR count). The fourth-order valence-corrected chi connectivity index (χ4v) is 2.75. The molecule has 6 nitrogen and oxygen atoms in total. The Kier molecular flexibility index (Phi) is 5.46. The molecule has 128 valence electrons. The molecule has 1 amide bonds. The predicted molar refractivity (Wildman–Crippen MR) is 93.8 cm³/mol. The number of anilines is 1. The summed E-state index contributed by atoms with van der Waals surface area (Å²) >= 11 is 0. The van der Waals surface area contributed by atoms with Gasteiger partial charge in [-0.3, -0.25) is 9.52 Å². The van der Waals surface area contributed by atoms with Crippen molar-refractivity contribution < 1.29 is 17.9 Å². The average Bonchev–Trinajstić information content (AvgIpc) is 2.53. The number of hydrogen-bond acceptors (Lipinski definition) is 4. The van der Waals surface area contributed by atoms with E-state index in [1.165, 1.54) is 6.07 Å². The second-order valence-electron chi connectivity index (χ2n) is 5.42. The van der Waals surface area contributed by atoms with E-state index in [-0.39, 0.29) is 11.9 Å². The lowest BCUT2D eigenvalue weighted by Gasteiger charge is -2.15. The van der Waals surface area contributed by atoms with E-state index < -0.39 is 10.0 Å². The lowest BCUT2D eigenvalue weighted by Crippen LogP contribution is -2.26. The lowest BCUT2D eigenvalue weighted by atomic mass is 10.1. The minimum Gasteiger partial charge on any atom is -0.497 e. The van der Waals surface area contributed by atoms with Gasteiger partial charge in [-0.2, -0.15) is 0 Å². The number of ether oxygens (including phenoxy) is 1. The van der Waals surface area contributed by atoms with E-state index in [1.54, 1.807) is 25.3 Å². The molecule has 0 bridgehead atoms. The Labute approximate surface area is 141 Å². The summed E-state index contributed by atoms with van der Waals surface area (Å²) in [5.41, 5.74) is 1.67. The van der Waals surface area contributed by atoms with Crippen LogP contribution in [0.4, 0.5) is 5.69 Å². The van der Waals surface area contributed by atoms with Crippen LogP contribution in [0.1, 0.15) is 28.9 Å². The maximum Gasteiger partial charge on any atom is 0.251 e. The second kappa shape index (κ2) is 7.35. The molecule has 0 aliphatic carbocycles. The Morgan fingerprint density at radius 2 is 1.79 bits per heavy atom. The first kappa shape index (κ1) is 17.8. The predicted octanol–water partition coefficient (Wildman–Crippen LogP) is 2.56. The van der Waals surface area contributed by atoms with Crippen LogP contribution >= 0.6 is 0 Å². The Bertz CT molecular complexity index is 817. The van der Waals surface area contributed by atoms with Gasteiger partial charge >= 0.3 is 0 Å². The molecular weight excluding hydrogens is 328 g/mol. The first-order chi connectivity index (χ1) is 11.3. The summed E-state index contributed by atoms with van der Waals surface area (Å²) < 4.78 is 30.0. The van der Waals surface area contributed by atoms with Gasteiger partial charge in [-0.15, -0.1) is 0 Å². The third-order valence-electron chi connectivity index (χ3n) is 3.39. The first-order valence-electron chi connectivity index (χ1n) is 7.31. The van der Waals surface area contributed by atoms with Gasteiger partial charge in [0, 0.05) is 11.3 Å². The van der Waals surface area contributed by atoms with Crippen molar-refractivity contribution in [2.75, 3.05) is 18.1 Å². The number of nitrogens with one attached hydrogen (secondary N) is 2. The molecule has 0 spiro atoms. The monoisotopic (exact) mass is 348 g/mol. The van der Waals surface area contributed by atoms with Crippen molar-refractivity contribution in [3.8, 4) is 5.75 Å². The van der Waals surface area contributed by atoms with Crippen molar-refractivity contribution in [3.05, 3.63) is 59.7 Å². The molecule has 0 heterocycles. The molecule has 0 saturated carbocycles. The number of benzene rings is 2. The average molecular weight is 348 g/mol. The summed E-state index contributed by atoms with van der Waals surface area (Å²) in [6, 6.07) is 13.6. The van der Waals surface area contributed by atoms with Gasteiger partial charge in [0.25, 0.3) is 5.91 Å². The van der Waals surface area contributed by atoms with Crippen LogP contribution in [0.5, 0.6) is 5.75 Å². The van der Waals surface area contributed by atoms with Crippen LogP contribution in [0.2, 0.25) is 0 Å². The molecule has 0 fully saturated rings. The largest absolute Gasteiger partial charge is 0.497 e. The summed E-state index contributed by atoms with van der Waals surface area (Å²) in [7, 11) is -1.79. The van der Waals surface area contributed by atoms with E-state index in [0.717, 1.165) is 17.6 Å². The van der Waals surface area contributed by atoms with Gasteiger partial charge in [0.2, 0.25) is 10.0 Å². The van der Waals surface area contributed by atoms with Crippen molar-refractivity contribution in [1.29, 1.82) is 0 Å². The maximum absolute atomic E-state index is 12.4. The van der Waals surface area contributed by atoms with Crippen molar-refractivity contribution in [3.63, 3.8) is 0 Å². The fourth-order valence-electron chi connectivity index (χ4n) is 2.19. The SMILES string of the molecule is COc1ccc([C@H](C)NC(=O)c2cccc(NS(C)(=O)=O)c2)cc1. The third-order valence-corrected chi connectivity index (χ3v) is 4.00. The van der Waals surface area contributed by atoms with E-state index >= 15 is 0 Å². The van der Waals surface area contributed by atoms with Crippen molar-refractivity contribution in [2.24, 2.45) is 0 Å². The minimum absolute atomic E-state index is 0.199. The van der Waals surface area contributed by atoms with Crippen LogP contribution in [0.3, 0.4) is 0 Å². The number of hydrogen-bond donors (Lipinski definition) is 2. The topological polar surface area (TPSA) is 84.5 Å². The summed E-state index contributed by atoms with van der Waals surface area (Å²) in [5, 5.41) is 2.88. The van der Waals surface area contributed by atoms with Gasteiger partial charge in [0.15, 0.2) is 0 Å². The first-order valence-corrected chi connectivity index (χ1v) is 9.20. The van der Waals surface area contributed by atoms with Crippen LogP contribution < -0.4 is 14.8 Å². The molecule has 0 saturated heterocycles. The standard InChI is InChI=1S/C17H20N2O4S/c1-12(13-7-9-16(23-2)10-8-13)18-17(20)14-5-4-6-15(11-14)19-24(3,21)22/h4-12,19H,1-3H3,(H,18,20)/t12-/m0/s1. The lowest BCUT2D eigenvalue weighted by molar-refractivity contribution is 0.0940. The van der Waals surface area contributed by atoms with E-state index in [0.29, 0.717) is 11.3 Å². The molecule has 2 aromatic rings. The van der Waals surface area contributed by atoms with Crippen LogP contribution in [-0.4, -0.2) is 27.7 Å². The summed E-state index contributed by atoms with van der Waals surface area (Å²) in [6.45, 7) is 1.87. The molecule has 2 N–H and O–H groups in total. The van der Waals surface area contributed by atoms with Crippen LogP contribution in [-0.2, 0) is 10.0 Å². The van der Waals surface area contributed by atoms with Crippen LogP contribution in [0.25, 0.3) is 0 Å². The second-order valence-corrected chi connectivity index (χ2v) is 7.17. The molecule has 0 radical (unpaired) electrons. The fraction of sp³-hybridized carbons (Fsp3) is 0.235. The number of carbonyl (C=O) groups excluding carboxylic acids is 1. The van der Waals surface area contributed by atoms with Gasteiger partial charge in [-0.25, -0.2) is 8.42 Å². The van der Waals surface area contributed by atoms with Crippen LogP contribution in [0, 0.1) is 0 Å². The number of methoxy groups -OCH3 is 1. The molecule has 0 unspecified atom stereocenters. The number of amides is 1. The summed E-state index contributed by atoms with van der Waals surface area (Å²) in [4.78, 5) is 12.4. The van der Waals surface area contributed by atoms with Crippen molar-refractivity contribution >= 4 is 21.6 Å².